The van der Waals surface area contributed by atoms with Crippen molar-refractivity contribution in [1.29, 1.82) is 0 Å². The third-order valence-electron chi connectivity index (χ3n) is 6.85. The van der Waals surface area contributed by atoms with Gasteiger partial charge in [-0.15, -0.1) is 0 Å². The zero-order chi connectivity index (χ0) is 25.9. The van der Waals surface area contributed by atoms with Gasteiger partial charge in [-0.2, -0.15) is 16.4 Å². The molecule has 0 amide bonds. The Balaban J connectivity index is 1.27. The maximum Gasteiger partial charge on any atom is 0.261 e. The fraction of sp³-hybridized carbons (Fsp3) is 0.185. The molecule has 7 rings (SSSR count). The van der Waals surface area contributed by atoms with Gasteiger partial charge in [0.15, 0.2) is 11.5 Å². The fourth-order valence-electron chi connectivity index (χ4n) is 5.03. The van der Waals surface area contributed by atoms with E-state index in [1.54, 1.807) is 47.0 Å². The summed E-state index contributed by atoms with van der Waals surface area (Å²) >= 11 is 1.61. The van der Waals surface area contributed by atoms with Crippen LogP contribution in [0, 0.1) is 5.82 Å². The van der Waals surface area contributed by atoms with Crippen molar-refractivity contribution in [2.75, 3.05) is 13.1 Å². The first-order chi connectivity index (χ1) is 18.4. The predicted octanol–water partition coefficient (Wildman–Crippen LogP) is 6.27. The lowest BCUT2D eigenvalue weighted by molar-refractivity contribution is 0.0115. The topological polar surface area (TPSA) is 86.4 Å². The summed E-state index contributed by atoms with van der Waals surface area (Å²) in [5, 5.41) is 12.1. The molecule has 190 valence electrons. The van der Waals surface area contributed by atoms with E-state index in [-0.39, 0.29) is 13.0 Å². The summed E-state index contributed by atoms with van der Waals surface area (Å²) in [4.78, 5) is 18.4. The van der Waals surface area contributed by atoms with Gasteiger partial charge >= 0.3 is 0 Å². The summed E-state index contributed by atoms with van der Waals surface area (Å²) in [6, 6.07) is 8.87. The van der Waals surface area contributed by atoms with Gasteiger partial charge in [0.05, 0.1) is 12.1 Å². The number of hydrogen-bond acceptors (Lipinski definition) is 6. The first-order valence-electron chi connectivity index (χ1n) is 12.0. The van der Waals surface area contributed by atoms with Crippen LogP contribution < -0.4 is 0 Å². The molecular formula is C27H20F3N7S. The SMILES string of the molecule is Fc1cc2[nH]nc(-c3nc4c(-c5ccsc5)ccnc4[nH]3)c2cc1-c1cncc(CN2CCC(F)(F)C2)c1. The molecule has 0 radical (unpaired) electrons. The van der Waals surface area contributed by atoms with Crippen molar-refractivity contribution in [3.05, 3.63) is 71.1 Å². The minimum absolute atomic E-state index is 0.152. The van der Waals surface area contributed by atoms with Crippen LogP contribution in [0.3, 0.4) is 0 Å². The van der Waals surface area contributed by atoms with Crippen molar-refractivity contribution >= 4 is 33.4 Å². The molecule has 0 bridgehead atoms. The van der Waals surface area contributed by atoms with Crippen LogP contribution >= 0.6 is 11.3 Å². The maximum absolute atomic E-state index is 15.2. The lowest BCUT2D eigenvalue weighted by Crippen LogP contribution is -2.24. The number of nitrogens with one attached hydrogen (secondary N) is 2. The number of likely N-dealkylation sites (tertiary alicyclic amines) is 1. The van der Waals surface area contributed by atoms with E-state index in [0.717, 1.165) is 22.2 Å². The van der Waals surface area contributed by atoms with Crippen molar-refractivity contribution in [3.8, 4) is 33.8 Å². The average Bonchev–Trinajstić information content (AvgIpc) is 3.69. The molecule has 1 fully saturated rings. The van der Waals surface area contributed by atoms with Crippen LogP contribution in [0.15, 0.2) is 59.7 Å². The van der Waals surface area contributed by atoms with E-state index in [0.29, 0.717) is 52.3 Å². The van der Waals surface area contributed by atoms with Crippen molar-refractivity contribution in [3.63, 3.8) is 0 Å². The minimum Gasteiger partial charge on any atom is -0.321 e. The molecule has 1 aliphatic heterocycles. The number of fused-ring (bicyclic) bond motifs is 2. The number of nitrogens with zero attached hydrogens (tertiary/aromatic N) is 5. The lowest BCUT2D eigenvalue weighted by atomic mass is 10.0. The largest absolute Gasteiger partial charge is 0.321 e. The van der Waals surface area contributed by atoms with Gasteiger partial charge in [-0.1, -0.05) is 0 Å². The zero-order valence-corrected chi connectivity index (χ0v) is 20.7. The molecule has 6 heterocycles. The van der Waals surface area contributed by atoms with Gasteiger partial charge < -0.3 is 4.98 Å². The normalized spacial score (nSPS) is 15.7. The third kappa shape index (κ3) is 4.04. The molecule has 0 aliphatic carbocycles. The van der Waals surface area contributed by atoms with E-state index in [4.69, 9.17) is 4.98 Å². The van der Waals surface area contributed by atoms with E-state index >= 15 is 4.39 Å². The van der Waals surface area contributed by atoms with Crippen LogP contribution in [0.4, 0.5) is 13.2 Å². The Morgan fingerprint density at radius 1 is 1.08 bits per heavy atom. The molecule has 0 spiro atoms. The maximum atomic E-state index is 15.2. The fourth-order valence-corrected chi connectivity index (χ4v) is 5.69. The first kappa shape index (κ1) is 23.1. The number of benzene rings is 1. The molecule has 0 unspecified atom stereocenters. The Labute approximate surface area is 218 Å². The van der Waals surface area contributed by atoms with E-state index in [9.17, 15) is 8.78 Å². The predicted molar refractivity (Wildman–Crippen MR) is 140 cm³/mol. The Morgan fingerprint density at radius 2 is 2.00 bits per heavy atom. The zero-order valence-electron chi connectivity index (χ0n) is 19.9. The first-order valence-corrected chi connectivity index (χ1v) is 13.0. The van der Waals surface area contributed by atoms with Crippen LogP contribution in [-0.4, -0.2) is 54.0 Å². The van der Waals surface area contributed by atoms with Crippen LogP contribution in [0.2, 0.25) is 0 Å². The van der Waals surface area contributed by atoms with E-state index in [2.05, 4.69) is 30.5 Å². The molecule has 11 heteroatoms. The van der Waals surface area contributed by atoms with Crippen molar-refractivity contribution in [2.24, 2.45) is 0 Å². The highest BCUT2D eigenvalue weighted by Crippen LogP contribution is 2.35. The highest BCUT2D eigenvalue weighted by atomic mass is 32.1. The smallest absolute Gasteiger partial charge is 0.261 e. The van der Waals surface area contributed by atoms with Gasteiger partial charge in [0.2, 0.25) is 0 Å². The molecule has 0 atom stereocenters. The second-order valence-corrected chi connectivity index (χ2v) is 10.3. The molecule has 0 saturated carbocycles. The van der Waals surface area contributed by atoms with Crippen LogP contribution in [0.25, 0.3) is 55.8 Å². The second-order valence-electron chi connectivity index (χ2n) is 9.50. The van der Waals surface area contributed by atoms with Gasteiger partial charge in [0, 0.05) is 66.2 Å². The molecule has 6 aromatic rings. The van der Waals surface area contributed by atoms with E-state index < -0.39 is 11.7 Å². The summed E-state index contributed by atoms with van der Waals surface area (Å²) in [6.07, 6.45) is 4.79. The second kappa shape index (κ2) is 8.74. The third-order valence-corrected chi connectivity index (χ3v) is 7.54. The molecule has 7 nitrogen and oxygen atoms in total. The number of imidazole rings is 1. The number of aromatic nitrogens is 6. The number of thiophene rings is 1. The Kier molecular flexibility index (Phi) is 5.31. The van der Waals surface area contributed by atoms with Crippen LogP contribution in [-0.2, 0) is 6.54 Å². The van der Waals surface area contributed by atoms with Crippen molar-refractivity contribution in [1.82, 2.24) is 35.0 Å². The Bertz CT molecular complexity index is 1790. The number of rotatable bonds is 5. The Morgan fingerprint density at radius 3 is 2.82 bits per heavy atom. The van der Waals surface area contributed by atoms with Crippen LogP contribution in [0.1, 0.15) is 12.0 Å². The quantitative estimate of drug-likeness (QED) is 0.274. The highest BCUT2D eigenvalue weighted by molar-refractivity contribution is 7.08. The van der Waals surface area contributed by atoms with Crippen molar-refractivity contribution < 1.29 is 13.2 Å². The lowest BCUT2D eigenvalue weighted by Gasteiger charge is -2.16. The van der Waals surface area contributed by atoms with Crippen molar-refractivity contribution in [2.45, 2.75) is 18.9 Å². The van der Waals surface area contributed by atoms with Gasteiger partial charge in [0.1, 0.15) is 17.0 Å². The van der Waals surface area contributed by atoms with Gasteiger partial charge in [-0.25, -0.2) is 23.1 Å². The monoisotopic (exact) mass is 531 g/mol. The van der Waals surface area contributed by atoms with E-state index in [1.165, 1.54) is 6.07 Å². The highest BCUT2D eigenvalue weighted by Gasteiger charge is 2.37. The molecule has 5 aromatic heterocycles. The average molecular weight is 532 g/mol. The molecular weight excluding hydrogens is 511 g/mol. The summed E-state index contributed by atoms with van der Waals surface area (Å²) in [7, 11) is 0. The van der Waals surface area contributed by atoms with Gasteiger partial charge in [0.25, 0.3) is 5.92 Å². The number of alkyl halides is 2. The molecule has 1 aromatic carbocycles. The number of aromatic amines is 2. The standard InChI is InChI=1S/C27H20F3N7S/c28-21-9-22-20(8-19(21)17-7-15(10-31-11-17)12-37-5-3-27(29,30)14-37)24(36-35-22)26-33-23-18(16-2-6-38-13-16)1-4-32-25(23)34-26/h1-2,4,6-11,13H,3,5,12,14H2,(H,35,36)(H,32,33,34). The van der Waals surface area contributed by atoms with Gasteiger partial charge in [-0.3, -0.25) is 15.0 Å². The summed E-state index contributed by atoms with van der Waals surface area (Å²) in [5.41, 5.74) is 6.09. The van der Waals surface area contributed by atoms with E-state index in [1.807, 2.05) is 17.5 Å². The number of pyridine rings is 2. The Hall–Kier alpha value is -4.09. The number of H-pyrrole nitrogens is 2. The van der Waals surface area contributed by atoms with Crippen LogP contribution in [0.5, 0.6) is 0 Å². The molecule has 2 N–H and O–H groups in total. The van der Waals surface area contributed by atoms with Gasteiger partial charge in [-0.05, 0) is 46.2 Å². The minimum atomic E-state index is -2.67. The summed E-state index contributed by atoms with van der Waals surface area (Å²) in [5.74, 6) is -2.59. The summed E-state index contributed by atoms with van der Waals surface area (Å²) in [6.45, 7) is 0.364. The molecule has 1 aliphatic rings. The number of halogens is 3. The molecule has 38 heavy (non-hydrogen) atoms. The summed E-state index contributed by atoms with van der Waals surface area (Å²) < 4.78 is 42.5. The molecule has 1 saturated heterocycles. The number of hydrogen-bond donors (Lipinski definition) is 2.